The number of alkyl halides is 3. The Bertz CT molecular complexity index is 2580. The fourth-order valence-electron chi connectivity index (χ4n) is 5.96. The van der Waals surface area contributed by atoms with Crippen molar-refractivity contribution in [3.8, 4) is 33.8 Å². The monoisotopic (exact) mass is 875 g/mol. The molecule has 0 aliphatic carbocycles. The summed E-state index contributed by atoms with van der Waals surface area (Å²) in [6, 6.07) is 42.6. The van der Waals surface area contributed by atoms with Crippen LogP contribution in [0.3, 0.4) is 0 Å². The van der Waals surface area contributed by atoms with Crippen molar-refractivity contribution in [3.05, 3.63) is 145 Å². The molecule has 0 N–H and O–H groups in total. The minimum Gasteiger partial charge on any atom is -0.501 e. The molecule has 0 saturated carbocycles. The van der Waals surface area contributed by atoms with Crippen molar-refractivity contribution < 1.29 is 41.8 Å². The van der Waals surface area contributed by atoms with Crippen molar-refractivity contribution >= 4 is 33.0 Å². The van der Waals surface area contributed by atoms with Crippen LogP contribution in [-0.4, -0.2) is 20.7 Å². The fraction of sp³-hybridized carbons (Fsp3) is 0.182. The van der Waals surface area contributed by atoms with Gasteiger partial charge < -0.3 is 14.0 Å². The first-order valence-electron chi connectivity index (χ1n) is 18.0. The van der Waals surface area contributed by atoms with Gasteiger partial charge in [-0.05, 0) is 60.8 Å². The van der Waals surface area contributed by atoms with Gasteiger partial charge in [0.05, 0.1) is 29.2 Å². The standard InChI is InChI=1S/C28H21F3NO.C16H15N2.Ir/c1-27(2,28(29,30)31)16-18-10-12-19(13-11-18)20-14-15-24(32-17-20)23-8-5-7-22-21-6-3-4-9-25(21)33-26(22)23;1-12(2)18-15-11-7-6-10-14(15)17-16(18)13-8-4-3-5-9-13;/h3-7,9-15,17H,16H2,1-2H3;3-8,10-12H,1-2H3;/q2*-1;/i16D2;12D;. The molecule has 0 saturated heterocycles. The van der Waals surface area contributed by atoms with Crippen molar-refractivity contribution in [1.82, 2.24) is 14.5 Å². The predicted molar refractivity (Wildman–Crippen MR) is 199 cm³/mol. The SMILES string of the molecule is [2H]C(C)(C)n1c(-c2[c-]cccc2)nc2ccccc21.[2H]C([2H])(c1ccc(-c2ccc(-c3[c-]ccc4c3oc3ccccc34)nc2)cc1)C(C)(C)C(F)(F)F.[Ir]. The Labute approximate surface area is 318 Å². The first-order valence-corrected chi connectivity index (χ1v) is 16.5. The number of rotatable bonds is 6. The number of furan rings is 1. The van der Waals surface area contributed by atoms with Crippen molar-refractivity contribution in [3.63, 3.8) is 0 Å². The van der Waals surface area contributed by atoms with Crippen LogP contribution in [0.2, 0.25) is 0 Å². The number of benzene rings is 5. The summed E-state index contributed by atoms with van der Waals surface area (Å²) in [6.45, 7) is 5.49. The Morgan fingerprint density at radius 2 is 1.52 bits per heavy atom. The Morgan fingerprint density at radius 3 is 2.21 bits per heavy atom. The van der Waals surface area contributed by atoms with E-state index in [2.05, 4.69) is 22.1 Å². The molecule has 8 heteroatoms. The quantitative estimate of drug-likeness (QED) is 0.156. The number of para-hydroxylation sites is 3. The van der Waals surface area contributed by atoms with Crippen molar-refractivity contribution in [2.24, 2.45) is 5.41 Å². The van der Waals surface area contributed by atoms with E-state index in [-0.39, 0.29) is 25.7 Å². The second-order valence-electron chi connectivity index (χ2n) is 12.9. The van der Waals surface area contributed by atoms with Gasteiger partial charge in [-0.15, -0.1) is 54.1 Å². The zero-order chi connectivity index (χ0) is 38.5. The Morgan fingerprint density at radius 1 is 0.808 bits per heavy atom. The van der Waals surface area contributed by atoms with E-state index in [4.69, 9.17) is 8.53 Å². The third-order valence-corrected chi connectivity index (χ3v) is 8.70. The number of halogens is 3. The van der Waals surface area contributed by atoms with Crippen LogP contribution in [0.15, 0.2) is 132 Å². The van der Waals surface area contributed by atoms with Gasteiger partial charge in [-0.2, -0.15) is 13.2 Å². The smallest absolute Gasteiger partial charge is 0.394 e. The second-order valence-corrected chi connectivity index (χ2v) is 12.9. The summed E-state index contributed by atoms with van der Waals surface area (Å²) in [4.78, 5) is 9.24. The average Bonchev–Trinajstić information content (AvgIpc) is 3.75. The van der Waals surface area contributed by atoms with E-state index in [9.17, 15) is 13.2 Å². The minimum atomic E-state index is -4.69. The molecule has 265 valence electrons. The van der Waals surface area contributed by atoms with E-state index in [0.29, 0.717) is 11.3 Å². The zero-order valence-electron chi connectivity index (χ0n) is 31.8. The van der Waals surface area contributed by atoms with E-state index in [1.54, 1.807) is 18.3 Å². The van der Waals surface area contributed by atoms with Crippen LogP contribution in [0, 0.1) is 17.5 Å². The number of aromatic nitrogens is 3. The number of hydrogen-bond acceptors (Lipinski definition) is 3. The van der Waals surface area contributed by atoms with Gasteiger partial charge in [0.15, 0.2) is 0 Å². The predicted octanol–water partition coefficient (Wildman–Crippen LogP) is 12.3. The Kier molecular flexibility index (Phi) is 9.41. The van der Waals surface area contributed by atoms with Crippen LogP contribution < -0.4 is 0 Å². The van der Waals surface area contributed by atoms with Gasteiger partial charge in [-0.25, -0.2) is 0 Å². The molecule has 0 aliphatic rings. The topological polar surface area (TPSA) is 43.9 Å². The van der Waals surface area contributed by atoms with E-state index >= 15 is 0 Å². The Hall–Kier alpha value is -5.04. The summed E-state index contributed by atoms with van der Waals surface area (Å²) in [5, 5.41) is 2.00. The number of fused-ring (bicyclic) bond motifs is 4. The third kappa shape index (κ3) is 7.32. The second kappa shape index (κ2) is 14.9. The van der Waals surface area contributed by atoms with Gasteiger partial charge in [-0.3, -0.25) is 4.98 Å². The minimum absolute atomic E-state index is 0. The number of pyridine rings is 1. The molecule has 4 nitrogen and oxygen atoms in total. The van der Waals surface area contributed by atoms with E-state index in [1.165, 1.54) is 12.1 Å². The molecule has 3 heterocycles. The maximum Gasteiger partial charge on any atom is 0.394 e. The summed E-state index contributed by atoms with van der Waals surface area (Å²) < 4.78 is 73.0. The maximum absolute atomic E-state index is 13.4. The zero-order valence-corrected chi connectivity index (χ0v) is 31.2. The number of imidazole rings is 1. The summed E-state index contributed by atoms with van der Waals surface area (Å²) in [5.74, 6) is 0.793. The van der Waals surface area contributed by atoms with Crippen LogP contribution in [0.5, 0.6) is 0 Å². The van der Waals surface area contributed by atoms with Crippen LogP contribution >= 0.6 is 0 Å². The molecule has 1 radical (unpaired) electrons. The van der Waals surface area contributed by atoms with Crippen LogP contribution in [0.25, 0.3) is 66.7 Å². The Balaban J connectivity index is 0.000000217. The molecule has 0 spiro atoms. The molecule has 5 aromatic carbocycles. The molecule has 0 atom stereocenters. The van der Waals surface area contributed by atoms with Crippen molar-refractivity contribution in [2.75, 3.05) is 0 Å². The van der Waals surface area contributed by atoms with E-state index in [0.717, 1.165) is 69.3 Å². The van der Waals surface area contributed by atoms with Gasteiger partial charge >= 0.3 is 6.18 Å². The average molecular weight is 875 g/mol. The van der Waals surface area contributed by atoms with E-state index < -0.39 is 24.0 Å². The van der Waals surface area contributed by atoms with Gasteiger partial charge in [-0.1, -0.05) is 91.5 Å². The van der Waals surface area contributed by atoms with Gasteiger partial charge in [0.2, 0.25) is 0 Å². The molecule has 8 aromatic rings. The molecular formula is C44H36F3IrN3O-2. The number of nitrogens with zero attached hydrogens (tertiary/aromatic N) is 3. The van der Waals surface area contributed by atoms with E-state index in [1.807, 2.05) is 115 Å². The molecule has 52 heavy (non-hydrogen) atoms. The third-order valence-electron chi connectivity index (χ3n) is 8.70. The van der Waals surface area contributed by atoms with Crippen molar-refractivity contribution in [2.45, 2.75) is 46.3 Å². The fourth-order valence-corrected chi connectivity index (χ4v) is 5.96. The molecule has 0 bridgehead atoms. The van der Waals surface area contributed by atoms with Gasteiger partial charge in [0.1, 0.15) is 5.58 Å². The molecule has 3 aromatic heterocycles. The van der Waals surface area contributed by atoms with Gasteiger partial charge in [0, 0.05) is 40.4 Å². The number of hydrogen-bond donors (Lipinski definition) is 0. The molecule has 8 rings (SSSR count). The van der Waals surface area contributed by atoms with Gasteiger partial charge in [0.25, 0.3) is 0 Å². The van der Waals surface area contributed by atoms with Crippen LogP contribution in [-0.2, 0) is 26.5 Å². The molecule has 0 aliphatic heterocycles. The molecular weight excluding hydrogens is 836 g/mol. The summed E-state index contributed by atoms with van der Waals surface area (Å²) in [6.07, 6.45) is -5.60. The maximum atomic E-state index is 13.4. The first-order chi connectivity index (χ1) is 25.6. The molecule has 0 unspecified atom stereocenters. The summed E-state index contributed by atoms with van der Waals surface area (Å²) in [7, 11) is 0. The largest absolute Gasteiger partial charge is 0.501 e. The summed E-state index contributed by atoms with van der Waals surface area (Å²) >= 11 is 0. The van der Waals surface area contributed by atoms with Crippen LogP contribution in [0.4, 0.5) is 13.2 Å². The first kappa shape index (κ1) is 32.8. The molecule has 0 fully saturated rings. The summed E-state index contributed by atoms with van der Waals surface area (Å²) in [5.41, 5.74) is 4.62. The van der Waals surface area contributed by atoms with Crippen molar-refractivity contribution in [1.29, 1.82) is 0 Å². The normalized spacial score (nSPS) is 13.2. The van der Waals surface area contributed by atoms with Crippen LogP contribution in [0.1, 0.15) is 43.4 Å². The molecule has 0 amide bonds.